The van der Waals surface area contributed by atoms with Crippen molar-refractivity contribution in [3.05, 3.63) is 24.3 Å². The summed E-state index contributed by atoms with van der Waals surface area (Å²) in [6.45, 7) is 6.29. The molecule has 0 fully saturated rings. The summed E-state index contributed by atoms with van der Waals surface area (Å²) in [5.74, 6) is 1.03. The van der Waals surface area contributed by atoms with Crippen molar-refractivity contribution in [3.8, 4) is 0 Å². The summed E-state index contributed by atoms with van der Waals surface area (Å²) in [6.07, 6.45) is 7.84. The van der Waals surface area contributed by atoms with Crippen LogP contribution in [-0.4, -0.2) is 9.55 Å². The van der Waals surface area contributed by atoms with E-state index in [2.05, 4.69) is 23.4 Å². The lowest BCUT2D eigenvalue weighted by Crippen LogP contribution is -2.01. The molecule has 1 heterocycles. The Hall–Kier alpha value is -1.05. The summed E-state index contributed by atoms with van der Waals surface area (Å²) < 4.78 is 2.14. The molecule has 0 N–H and O–H groups in total. The molecule has 0 saturated carbocycles. The maximum absolute atomic E-state index is 4.20. The van der Waals surface area contributed by atoms with E-state index in [0.29, 0.717) is 6.04 Å². The van der Waals surface area contributed by atoms with Crippen LogP contribution in [0.25, 0.3) is 6.08 Å². The highest BCUT2D eigenvalue weighted by Crippen LogP contribution is 2.08. The second-order valence-corrected chi connectivity index (χ2v) is 2.79. The first kappa shape index (κ1) is 8.05. The van der Waals surface area contributed by atoms with Gasteiger partial charge in [-0.25, -0.2) is 4.98 Å². The molecule has 1 aromatic heterocycles. The molecule has 0 radical (unpaired) electrons. The van der Waals surface area contributed by atoms with Crippen LogP contribution in [0.1, 0.15) is 32.6 Å². The van der Waals surface area contributed by atoms with Crippen LogP contribution in [0.2, 0.25) is 0 Å². The first-order valence-corrected chi connectivity index (χ1v) is 3.91. The molecule has 0 unspecified atom stereocenters. The predicted octanol–water partition coefficient (Wildman–Crippen LogP) is 2.50. The van der Waals surface area contributed by atoms with E-state index in [1.165, 1.54) is 0 Å². The van der Waals surface area contributed by atoms with Gasteiger partial charge in [-0.2, -0.15) is 0 Å². The van der Waals surface area contributed by atoms with E-state index in [0.717, 1.165) is 5.82 Å². The number of allylic oxidation sites excluding steroid dienone is 1. The molecule has 0 spiro atoms. The lowest BCUT2D eigenvalue weighted by atomic mass is 10.4. The first-order chi connectivity index (χ1) is 5.25. The highest BCUT2D eigenvalue weighted by atomic mass is 15.1. The molecular formula is C9H14N2. The SMILES string of the molecule is C/C=C/c1nccn1C(C)C. The van der Waals surface area contributed by atoms with Gasteiger partial charge in [-0.05, 0) is 26.8 Å². The molecule has 0 saturated heterocycles. The van der Waals surface area contributed by atoms with Crippen LogP contribution in [0.3, 0.4) is 0 Å². The van der Waals surface area contributed by atoms with Crippen molar-refractivity contribution in [1.82, 2.24) is 9.55 Å². The molecule has 0 aromatic carbocycles. The molecule has 0 aliphatic heterocycles. The van der Waals surface area contributed by atoms with Crippen LogP contribution in [0.5, 0.6) is 0 Å². The number of aromatic nitrogens is 2. The average molecular weight is 150 g/mol. The number of imidazole rings is 1. The van der Waals surface area contributed by atoms with E-state index in [9.17, 15) is 0 Å². The summed E-state index contributed by atoms with van der Waals surface area (Å²) in [4.78, 5) is 4.20. The first-order valence-electron chi connectivity index (χ1n) is 3.91. The number of rotatable bonds is 2. The van der Waals surface area contributed by atoms with Gasteiger partial charge in [-0.1, -0.05) is 6.08 Å². The monoisotopic (exact) mass is 150 g/mol. The van der Waals surface area contributed by atoms with E-state index in [1.807, 2.05) is 31.5 Å². The summed E-state index contributed by atoms with van der Waals surface area (Å²) in [7, 11) is 0. The molecule has 60 valence electrons. The Kier molecular flexibility index (Phi) is 2.47. The minimum absolute atomic E-state index is 0.490. The fraction of sp³-hybridized carbons (Fsp3) is 0.444. The number of hydrogen-bond acceptors (Lipinski definition) is 1. The van der Waals surface area contributed by atoms with Crippen molar-refractivity contribution in [3.63, 3.8) is 0 Å². The zero-order chi connectivity index (χ0) is 8.27. The Labute approximate surface area is 67.6 Å². The van der Waals surface area contributed by atoms with Crippen molar-refractivity contribution in [2.75, 3.05) is 0 Å². The third-order valence-corrected chi connectivity index (χ3v) is 1.57. The van der Waals surface area contributed by atoms with Crippen LogP contribution < -0.4 is 0 Å². The second kappa shape index (κ2) is 3.37. The lowest BCUT2D eigenvalue weighted by Gasteiger charge is -2.07. The van der Waals surface area contributed by atoms with E-state index in [4.69, 9.17) is 0 Å². The highest BCUT2D eigenvalue weighted by molar-refractivity contribution is 5.39. The van der Waals surface area contributed by atoms with Gasteiger partial charge < -0.3 is 4.57 Å². The zero-order valence-electron chi connectivity index (χ0n) is 7.28. The fourth-order valence-electron chi connectivity index (χ4n) is 1.04. The van der Waals surface area contributed by atoms with Crippen molar-refractivity contribution in [2.24, 2.45) is 0 Å². The maximum atomic E-state index is 4.20. The molecule has 2 nitrogen and oxygen atoms in total. The molecule has 0 aliphatic rings. The van der Waals surface area contributed by atoms with Crippen LogP contribution in [0.4, 0.5) is 0 Å². The van der Waals surface area contributed by atoms with Gasteiger partial charge in [0, 0.05) is 18.4 Å². The van der Waals surface area contributed by atoms with E-state index in [1.54, 1.807) is 0 Å². The largest absolute Gasteiger partial charge is 0.329 e. The van der Waals surface area contributed by atoms with Crippen molar-refractivity contribution >= 4 is 6.08 Å². The van der Waals surface area contributed by atoms with Gasteiger partial charge in [-0.15, -0.1) is 0 Å². The van der Waals surface area contributed by atoms with Crippen LogP contribution in [-0.2, 0) is 0 Å². The lowest BCUT2D eigenvalue weighted by molar-refractivity contribution is 0.594. The molecular weight excluding hydrogens is 136 g/mol. The Bertz CT molecular complexity index is 246. The highest BCUT2D eigenvalue weighted by Gasteiger charge is 2.00. The van der Waals surface area contributed by atoms with Gasteiger partial charge in [0.25, 0.3) is 0 Å². The van der Waals surface area contributed by atoms with Crippen LogP contribution in [0.15, 0.2) is 18.5 Å². The molecule has 0 amide bonds. The van der Waals surface area contributed by atoms with Gasteiger partial charge >= 0.3 is 0 Å². The quantitative estimate of drug-likeness (QED) is 0.633. The Morgan fingerprint density at radius 1 is 1.55 bits per heavy atom. The summed E-state index contributed by atoms with van der Waals surface area (Å²) >= 11 is 0. The summed E-state index contributed by atoms with van der Waals surface area (Å²) in [6, 6.07) is 0.490. The Morgan fingerprint density at radius 3 is 2.82 bits per heavy atom. The third kappa shape index (κ3) is 1.70. The van der Waals surface area contributed by atoms with Gasteiger partial charge in [0.1, 0.15) is 5.82 Å². The minimum atomic E-state index is 0.490. The molecule has 1 aromatic rings. The topological polar surface area (TPSA) is 17.8 Å². The predicted molar refractivity (Wildman–Crippen MR) is 47.3 cm³/mol. The number of hydrogen-bond donors (Lipinski definition) is 0. The molecule has 2 heteroatoms. The van der Waals surface area contributed by atoms with Gasteiger partial charge in [0.05, 0.1) is 0 Å². The third-order valence-electron chi connectivity index (χ3n) is 1.57. The van der Waals surface area contributed by atoms with Crippen LogP contribution >= 0.6 is 0 Å². The van der Waals surface area contributed by atoms with Gasteiger partial charge in [-0.3, -0.25) is 0 Å². The van der Waals surface area contributed by atoms with Gasteiger partial charge in [0.15, 0.2) is 0 Å². The summed E-state index contributed by atoms with van der Waals surface area (Å²) in [5, 5.41) is 0. The van der Waals surface area contributed by atoms with Crippen molar-refractivity contribution in [2.45, 2.75) is 26.8 Å². The minimum Gasteiger partial charge on any atom is -0.329 e. The Balaban J connectivity index is 2.96. The zero-order valence-corrected chi connectivity index (χ0v) is 7.28. The maximum Gasteiger partial charge on any atom is 0.132 e. The van der Waals surface area contributed by atoms with Gasteiger partial charge in [0.2, 0.25) is 0 Å². The standard InChI is InChI=1S/C9H14N2/c1-4-5-9-10-6-7-11(9)8(2)3/h4-8H,1-3H3/b5-4+. The van der Waals surface area contributed by atoms with Crippen molar-refractivity contribution in [1.29, 1.82) is 0 Å². The fourth-order valence-corrected chi connectivity index (χ4v) is 1.04. The number of nitrogens with zero attached hydrogens (tertiary/aromatic N) is 2. The molecule has 1 rings (SSSR count). The normalized spacial score (nSPS) is 11.6. The molecule has 11 heavy (non-hydrogen) atoms. The second-order valence-electron chi connectivity index (χ2n) is 2.79. The molecule has 0 bridgehead atoms. The smallest absolute Gasteiger partial charge is 0.132 e. The van der Waals surface area contributed by atoms with E-state index in [-0.39, 0.29) is 0 Å². The summed E-state index contributed by atoms with van der Waals surface area (Å²) in [5.41, 5.74) is 0. The van der Waals surface area contributed by atoms with Crippen LogP contribution in [0, 0.1) is 0 Å². The Morgan fingerprint density at radius 2 is 2.27 bits per heavy atom. The van der Waals surface area contributed by atoms with E-state index >= 15 is 0 Å². The van der Waals surface area contributed by atoms with Crippen molar-refractivity contribution < 1.29 is 0 Å². The van der Waals surface area contributed by atoms with E-state index < -0.39 is 0 Å². The average Bonchev–Trinajstić information content (AvgIpc) is 2.36. The molecule has 0 atom stereocenters. The molecule has 0 aliphatic carbocycles.